The van der Waals surface area contributed by atoms with Crippen LogP contribution in [0.15, 0.2) is 11.3 Å². The Bertz CT molecular complexity index is 230. The van der Waals surface area contributed by atoms with Gasteiger partial charge in [0.1, 0.15) is 6.10 Å². The molecule has 0 saturated heterocycles. The highest BCUT2D eigenvalue weighted by Gasteiger charge is 2.19. The Morgan fingerprint density at radius 1 is 1.43 bits per heavy atom. The number of aliphatic hydroxyl groups excluding tert-OH is 1. The number of esters is 1. The van der Waals surface area contributed by atoms with Gasteiger partial charge in [-0.2, -0.15) is 0 Å². The summed E-state index contributed by atoms with van der Waals surface area (Å²) in [5, 5.41) is 9.29. The first-order valence-corrected chi connectivity index (χ1v) is 4.70. The van der Waals surface area contributed by atoms with Crippen LogP contribution < -0.4 is 5.73 Å². The normalized spacial score (nSPS) is 15.0. The molecular formula is C10H19NO3. The van der Waals surface area contributed by atoms with E-state index in [1.165, 1.54) is 6.92 Å². The molecular weight excluding hydrogens is 182 g/mol. The molecule has 1 unspecified atom stereocenters. The Labute approximate surface area is 84.7 Å². The number of carbonyl (C=O) groups is 1. The molecule has 0 rings (SSSR count). The van der Waals surface area contributed by atoms with Crippen molar-refractivity contribution in [1.82, 2.24) is 0 Å². The lowest BCUT2D eigenvalue weighted by Gasteiger charge is -2.15. The quantitative estimate of drug-likeness (QED) is 0.409. The van der Waals surface area contributed by atoms with E-state index in [1.54, 1.807) is 6.92 Å². The minimum Gasteiger partial charge on any atom is -0.512 e. The average Bonchev–Trinajstić information content (AvgIpc) is 2.02. The predicted octanol–water partition coefficient (Wildman–Crippen LogP) is 1.36. The van der Waals surface area contributed by atoms with E-state index in [0.717, 1.165) is 0 Å². The molecule has 0 fully saturated rings. The highest BCUT2D eigenvalue weighted by Crippen LogP contribution is 2.15. The number of hydrogen-bond donors (Lipinski definition) is 2. The molecule has 0 aliphatic rings. The lowest BCUT2D eigenvalue weighted by Crippen LogP contribution is -2.26. The third-order valence-corrected chi connectivity index (χ3v) is 1.83. The second-order valence-corrected chi connectivity index (χ2v) is 3.61. The zero-order valence-corrected chi connectivity index (χ0v) is 9.20. The fraction of sp³-hybridized carbons (Fsp3) is 0.700. The molecule has 0 heterocycles. The van der Waals surface area contributed by atoms with Gasteiger partial charge in [-0.3, -0.25) is 0 Å². The maximum absolute atomic E-state index is 11.5. The summed E-state index contributed by atoms with van der Waals surface area (Å²) in [7, 11) is 0. The summed E-state index contributed by atoms with van der Waals surface area (Å²) in [6.45, 7) is 7.11. The Morgan fingerprint density at radius 3 is 2.21 bits per heavy atom. The SMILES string of the molecule is C/C(O)=C(\C(=O)OC(C)CN)C(C)C. The maximum Gasteiger partial charge on any atom is 0.337 e. The van der Waals surface area contributed by atoms with Gasteiger partial charge in [-0.25, -0.2) is 4.79 Å². The van der Waals surface area contributed by atoms with Crippen molar-refractivity contribution in [3.8, 4) is 0 Å². The predicted molar refractivity (Wildman–Crippen MR) is 54.8 cm³/mol. The van der Waals surface area contributed by atoms with E-state index in [2.05, 4.69) is 0 Å². The number of ether oxygens (including phenoxy) is 1. The van der Waals surface area contributed by atoms with Crippen molar-refractivity contribution in [1.29, 1.82) is 0 Å². The highest BCUT2D eigenvalue weighted by molar-refractivity contribution is 5.89. The Morgan fingerprint density at radius 2 is 1.93 bits per heavy atom. The molecule has 0 spiro atoms. The second kappa shape index (κ2) is 5.65. The smallest absolute Gasteiger partial charge is 0.337 e. The molecule has 0 aromatic heterocycles. The molecule has 0 aromatic rings. The molecule has 4 heteroatoms. The monoisotopic (exact) mass is 201 g/mol. The zero-order chi connectivity index (χ0) is 11.3. The number of nitrogens with two attached hydrogens (primary N) is 1. The van der Waals surface area contributed by atoms with Gasteiger partial charge < -0.3 is 15.6 Å². The molecule has 0 saturated carbocycles. The van der Waals surface area contributed by atoms with Crippen LogP contribution in [0.5, 0.6) is 0 Å². The standard InChI is InChI=1S/C10H19NO3/c1-6(2)9(8(4)12)10(13)14-7(3)5-11/h6-7,12H,5,11H2,1-4H3/b9-8+. The minimum absolute atomic E-state index is 0.00854. The molecule has 82 valence electrons. The number of carbonyl (C=O) groups excluding carboxylic acids is 1. The van der Waals surface area contributed by atoms with Gasteiger partial charge in [0.2, 0.25) is 0 Å². The van der Waals surface area contributed by atoms with E-state index in [4.69, 9.17) is 10.5 Å². The van der Waals surface area contributed by atoms with Crippen molar-refractivity contribution < 1.29 is 14.6 Å². The molecule has 14 heavy (non-hydrogen) atoms. The van der Waals surface area contributed by atoms with Gasteiger partial charge in [-0.15, -0.1) is 0 Å². The van der Waals surface area contributed by atoms with Crippen molar-refractivity contribution in [3.05, 3.63) is 11.3 Å². The number of aliphatic hydroxyl groups is 1. The van der Waals surface area contributed by atoms with Gasteiger partial charge in [0, 0.05) is 6.54 Å². The summed E-state index contributed by atoms with van der Waals surface area (Å²) in [6, 6.07) is 0. The lowest BCUT2D eigenvalue weighted by molar-refractivity contribution is -0.143. The van der Waals surface area contributed by atoms with Crippen molar-refractivity contribution in [2.24, 2.45) is 11.7 Å². The fourth-order valence-corrected chi connectivity index (χ4v) is 1.10. The number of hydrogen-bond acceptors (Lipinski definition) is 4. The van der Waals surface area contributed by atoms with Gasteiger partial charge in [-0.1, -0.05) is 13.8 Å². The molecule has 0 bridgehead atoms. The summed E-state index contributed by atoms with van der Waals surface area (Å²) in [5.41, 5.74) is 5.63. The van der Waals surface area contributed by atoms with E-state index in [0.29, 0.717) is 5.57 Å². The molecule has 0 amide bonds. The van der Waals surface area contributed by atoms with Crippen LogP contribution in [0.4, 0.5) is 0 Å². The van der Waals surface area contributed by atoms with Crippen LogP contribution in [0, 0.1) is 5.92 Å². The zero-order valence-electron chi connectivity index (χ0n) is 9.20. The lowest BCUT2D eigenvalue weighted by atomic mass is 10.0. The van der Waals surface area contributed by atoms with E-state index in [9.17, 15) is 9.90 Å². The van der Waals surface area contributed by atoms with Crippen molar-refractivity contribution >= 4 is 5.97 Å². The Balaban J connectivity index is 4.57. The number of rotatable bonds is 4. The summed E-state index contributed by atoms with van der Waals surface area (Å²) in [5.74, 6) is -0.537. The van der Waals surface area contributed by atoms with Gasteiger partial charge >= 0.3 is 5.97 Å². The van der Waals surface area contributed by atoms with Crippen molar-refractivity contribution in [2.75, 3.05) is 6.54 Å². The van der Waals surface area contributed by atoms with Crippen LogP contribution in [-0.2, 0) is 9.53 Å². The fourth-order valence-electron chi connectivity index (χ4n) is 1.10. The largest absolute Gasteiger partial charge is 0.512 e. The third-order valence-electron chi connectivity index (χ3n) is 1.83. The third kappa shape index (κ3) is 3.79. The van der Waals surface area contributed by atoms with Gasteiger partial charge in [0.05, 0.1) is 11.3 Å². The first-order chi connectivity index (χ1) is 6.40. The molecule has 1 atom stereocenters. The Hall–Kier alpha value is -1.03. The summed E-state index contributed by atoms with van der Waals surface area (Å²) in [4.78, 5) is 11.5. The molecule has 0 radical (unpaired) electrons. The van der Waals surface area contributed by atoms with Gasteiger partial charge in [0.15, 0.2) is 0 Å². The van der Waals surface area contributed by atoms with E-state index < -0.39 is 5.97 Å². The maximum atomic E-state index is 11.5. The molecule has 0 aliphatic carbocycles. The number of allylic oxidation sites excluding steroid dienone is 1. The minimum atomic E-state index is -0.488. The summed E-state index contributed by atoms with van der Waals surface area (Å²) >= 11 is 0. The van der Waals surface area contributed by atoms with E-state index >= 15 is 0 Å². The van der Waals surface area contributed by atoms with Crippen LogP contribution in [0.3, 0.4) is 0 Å². The first-order valence-electron chi connectivity index (χ1n) is 4.70. The van der Waals surface area contributed by atoms with Crippen LogP contribution in [0.2, 0.25) is 0 Å². The molecule has 3 N–H and O–H groups in total. The molecule has 4 nitrogen and oxygen atoms in total. The summed E-state index contributed by atoms with van der Waals surface area (Å²) < 4.78 is 5.00. The van der Waals surface area contributed by atoms with Gasteiger partial charge in [0.25, 0.3) is 0 Å². The van der Waals surface area contributed by atoms with Gasteiger partial charge in [-0.05, 0) is 19.8 Å². The highest BCUT2D eigenvalue weighted by atomic mass is 16.5. The topological polar surface area (TPSA) is 72.5 Å². The van der Waals surface area contributed by atoms with E-state index in [-0.39, 0.29) is 24.3 Å². The van der Waals surface area contributed by atoms with Crippen molar-refractivity contribution in [2.45, 2.75) is 33.8 Å². The van der Waals surface area contributed by atoms with Crippen molar-refractivity contribution in [3.63, 3.8) is 0 Å². The first kappa shape index (κ1) is 13.0. The Kier molecular flexibility index (Phi) is 5.23. The average molecular weight is 201 g/mol. The van der Waals surface area contributed by atoms with E-state index in [1.807, 2.05) is 13.8 Å². The second-order valence-electron chi connectivity index (χ2n) is 3.61. The molecule has 0 aromatic carbocycles. The van der Waals surface area contributed by atoms with Crippen LogP contribution >= 0.6 is 0 Å². The van der Waals surface area contributed by atoms with Crippen LogP contribution in [0.1, 0.15) is 27.7 Å². The van der Waals surface area contributed by atoms with Crippen LogP contribution in [0.25, 0.3) is 0 Å². The summed E-state index contributed by atoms with van der Waals surface area (Å²) in [6.07, 6.45) is -0.324. The van der Waals surface area contributed by atoms with Crippen LogP contribution in [-0.4, -0.2) is 23.7 Å². The molecule has 0 aliphatic heterocycles.